The maximum atomic E-state index is 6.16. The van der Waals surface area contributed by atoms with E-state index >= 15 is 0 Å². The molecule has 0 saturated heterocycles. The summed E-state index contributed by atoms with van der Waals surface area (Å²) in [7, 11) is 1.69. The molecule has 114 valence electrons. The first-order chi connectivity index (χ1) is 9.26. The lowest BCUT2D eigenvalue weighted by molar-refractivity contribution is -0.0666. The molecule has 19 heavy (non-hydrogen) atoms. The molecule has 0 amide bonds. The SMILES string of the molecule is CCC1CCC(CBr)(OCCCOCCOC)CC1. The molecule has 0 aromatic carbocycles. The lowest BCUT2D eigenvalue weighted by Crippen LogP contribution is -2.39. The van der Waals surface area contributed by atoms with E-state index in [1.54, 1.807) is 7.11 Å². The Labute approximate surface area is 126 Å². The molecule has 0 heterocycles. The Hall–Kier alpha value is 0.360. The molecule has 0 aromatic heterocycles. The number of halogens is 1. The van der Waals surface area contributed by atoms with E-state index in [9.17, 15) is 0 Å². The van der Waals surface area contributed by atoms with Crippen molar-refractivity contribution in [1.82, 2.24) is 0 Å². The lowest BCUT2D eigenvalue weighted by atomic mass is 9.79. The third-order valence-electron chi connectivity index (χ3n) is 4.11. The van der Waals surface area contributed by atoms with Crippen molar-refractivity contribution >= 4 is 15.9 Å². The predicted octanol–water partition coefficient (Wildman–Crippen LogP) is 3.79. The second-order valence-corrected chi connectivity index (χ2v) is 6.04. The van der Waals surface area contributed by atoms with Crippen LogP contribution in [-0.4, -0.2) is 44.5 Å². The van der Waals surface area contributed by atoms with Crippen LogP contribution < -0.4 is 0 Å². The summed E-state index contributed by atoms with van der Waals surface area (Å²) in [5.74, 6) is 0.910. The van der Waals surface area contributed by atoms with Crippen molar-refractivity contribution in [2.75, 3.05) is 38.9 Å². The Morgan fingerprint density at radius 1 is 1.11 bits per heavy atom. The van der Waals surface area contributed by atoms with Crippen LogP contribution in [0.1, 0.15) is 45.4 Å². The quantitative estimate of drug-likeness (QED) is 0.448. The fraction of sp³-hybridized carbons (Fsp3) is 1.00. The summed E-state index contributed by atoms with van der Waals surface area (Å²) in [5.41, 5.74) is 0.0815. The van der Waals surface area contributed by atoms with Gasteiger partial charge in [0.1, 0.15) is 0 Å². The van der Waals surface area contributed by atoms with Crippen molar-refractivity contribution in [3.05, 3.63) is 0 Å². The fourth-order valence-electron chi connectivity index (χ4n) is 2.62. The van der Waals surface area contributed by atoms with Gasteiger partial charge in [-0.05, 0) is 38.0 Å². The Balaban J connectivity index is 2.11. The van der Waals surface area contributed by atoms with Gasteiger partial charge in [-0.15, -0.1) is 0 Å². The molecule has 0 bridgehead atoms. The summed E-state index contributed by atoms with van der Waals surface area (Å²) < 4.78 is 16.5. The van der Waals surface area contributed by atoms with Crippen molar-refractivity contribution in [1.29, 1.82) is 0 Å². The van der Waals surface area contributed by atoms with Gasteiger partial charge >= 0.3 is 0 Å². The zero-order valence-electron chi connectivity index (χ0n) is 12.5. The summed E-state index contributed by atoms with van der Waals surface area (Å²) in [6.07, 6.45) is 7.29. The van der Waals surface area contributed by atoms with Crippen LogP contribution in [0.5, 0.6) is 0 Å². The second kappa shape index (κ2) is 10.1. The number of methoxy groups -OCH3 is 1. The molecule has 0 atom stereocenters. The van der Waals surface area contributed by atoms with E-state index in [2.05, 4.69) is 22.9 Å². The third-order valence-corrected chi connectivity index (χ3v) is 5.13. The smallest absolute Gasteiger partial charge is 0.0779 e. The molecule has 3 nitrogen and oxygen atoms in total. The van der Waals surface area contributed by atoms with Crippen molar-refractivity contribution in [3.8, 4) is 0 Å². The van der Waals surface area contributed by atoms with Gasteiger partial charge in [-0.25, -0.2) is 0 Å². The zero-order valence-corrected chi connectivity index (χ0v) is 14.0. The Morgan fingerprint density at radius 2 is 1.84 bits per heavy atom. The topological polar surface area (TPSA) is 27.7 Å². The summed E-state index contributed by atoms with van der Waals surface area (Å²) in [4.78, 5) is 0. The van der Waals surface area contributed by atoms with Gasteiger partial charge in [0.05, 0.1) is 18.8 Å². The van der Waals surface area contributed by atoms with E-state index in [-0.39, 0.29) is 5.60 Å². The van der Waals surface area contributed by atoms with E-state index in [0.29, 0.717) is 13.2 Å². The molecule has 0 unspecified atom stereocenters. The number of ether oxygens (including phenoxy) is 3. The van der Waals surface area contributed by atoms with Crippen LogP contribution in [-0.2, 0) is 14.2 Å². The summed E-state index contributed by atoms with van der Waals surface area (Å²) in [6, 6.07) is 0. The van der Waals surface area contributed by atoms with E-state index in [1.165, 1.54) is 32.1 Å². The van der Waals surface area contributed by atoms with Crippen LogP contribution in [0.4, 0.5) is 0 Å². The molecule has 1 saturated carbocycles. The van der Waals surface area contributed by atoms with Crippen LogP contribution in [0, 0.1) is 5.92 Å². The Bertz CT molecular complexity index is 215. The minimum absolute atomic E-state index is 0.0815. The Morgan fingerprint density at radius 3 is 2.42 bits per heavy atom. The minimum Gasteiger partial charge on any atom is -0.382 e. The number of hydrogen-bond acceptors (Lipinski definition) is 3. The molecule has 0 aliphatic heterocycles. The molecular formula is C15H29BrO3. The van der Waals surface area contributed by atoms with Gasteiger partial charge in [-0.1, -0.05) is 29.3 Å². The second-order valence-electron chi connectivity index (χ2n) is 5.48. The zero-order chi connectivity index (χ0) is 14.0. The van der Waals surface area contributed by atoms with Crippen molar-refractivity contribution in [3.63, 3.8) is 0 Å². The van der Waals surface area contributed by atoms with Gasteiger partial charge < -0.3 is 14.2 Å². The van der Waals surface area contributed by atoms with Crippen LogP contribution in [0.3, 0.4) is 0 Å². The molecule has 1 fully saturated rings. The average molecular weight is 337 g/mol. The van der Waals surface area contributed by atoms with Crippen molar-refractivity contribution < 1.29 is 14.2 Å². The Kier molecular flexibility index (Phi) is 9.29. The predicted molar refractivity (Wildman–Crippen MR) is 82.0 cm³/mol. The van der Waals surface area contributed by atoms with Gasteiger partial charge in [0, 0.05) is 25.7 Å². The minimum atomic E-state index is 0.0815. The average Bonchev–Trinajstić information content (AvgIpc) is 2.47. The lowest BCUT2D eigenvalue weighted by Gasteiger charge is -2.38. The molecule has 0 N–H and O–H groups in total. The van der Waals surface area contributed by atoms with E-state index < -0.39 is 0 Å². The number of hydrogen-bond donors (Lipinski definition) is 0. The molecule has 1 rings (SSSR count). The molecule has 1 aliphatic carbocycles. The first kappa shape index (κ1) is 17.4. The standard InChI is InChI=1S/C15H29BrO3/c1-3-14-5-7-15(13-16,8-6-14)19-10-4-9-18-12-11-17-2/h14H,3-13H2,1-2H3. The molecule has 4 heteroatoms. The van der Waals surface area contributed by atoms with Gasteiger partial charge in [0.15, 0.2) is 0 Å². The maximum absolute atomic E-state index is 6.16. The highest BCUT2D eigenvalue weighted by Crippen LogP contribution is 2.37. The first-order valence-electron chi connectivity index (χ1n) is 7.53. The van der Waals surface area contributed by atoms with Crippen molar-refractivity contribution in [2.45, 2.75) is 51.0 Å². The van der Waals surface area contributed by atoms with Gasteiger partial charge in [-0.2, -0.15) is 0 Å². The first-order valence-corrected chi connectivity index (χ1v) is 8.65. The highest BCUT2D eigenvalue weighted by Gasteiger charge is 2.34. The highest BCUT2D eigenvalue weighted by molar-refractivity contribution is 9.09. The van der Waals surface area contributed by atoms with E-state index in [1.807, 2.05) is 0 Å². The van der Waals surface area contributed by atoms with E-state index in [0.717, 1.165) is 30.9 Å². The van der Waals surface area contributed by atoms with Crippen molar-refractivity contribution in [2.24, 2.45) is 5.92 Å². The highest BCUT2D eigenvalue weighted by atomic mass is 79.9. The third kappa shape index (κ3) is 6.56. The summed E-state index contributed by atoms with van der Waals surface area (Å²) in [5, 5.41) is 0.959. The van der Waals surface area contributed by atoms with Crippen LogP contribution in [0.25, 0.3) is 0 Å². The largest absolute Gasteiger partial charge is 0.382 e. The van der Waals surface area contributed by atoms with Gasteiger partial charge in [0.2, 0.25) is 0 Å². The molecule has 0 aromatic rings. The maximum Gasteiger partial charge on any atom is 0.0779 e. The summed E-state index contributed by atoms with van der Waals surface area (Å²) >= 11 is 3.64. The van der Waals surface area contributed by atoms with Gasteiger partial charge in [-0.3, -0.25) is 0 Å². The summed E-state index contributed by atoms with van der Waals surface area (Å²) in [6.45, 7) is 5.21. The molecule has 1 aliphatic rings. The fourth-order valence-corrected chi connectivity index (χ4v) is 3.35. The number of rotatable bonds is 10. The van der Waals surface area contributed by atoms with Gasteiger partial charge in [0.25, 0.3) is 0 Å². The molecule has 0 radical (unpaired) electrons. The van der Waals surface area contributed by atoms with Crippen LogP contribution >= 0.6 is 15.9 Å². The monoisotopic (exact) mass is 336 g/mol. The molecular weight excluding hydrogens is 308 g/mol. The molecule has 0 spiro atoms. The number of alkyl halides is 1. The van der Waals surface area contributed by atoms with Crippen LogP contribution in [0.15, 0.2) is 0 Å². The van der Waals surface area contributed by atoms with E-state index in [4.69, 9.17) is 14.2 Å². The normalized spacial score (nSPS) is 27.6. The van der Waals surface area contributed by atoms with Crippen LogP contribution in [0.2, 0.25) is 0 Å².